The number of aromatic amines is 1. The molecular weight excluding hydrogens is 324 g/mol. The van der Waals surface area contributed by atoms with Crippen LogP contribution < -0.4 is 9.47 Å². The van der Waals surface area contributed by atoms with Gasteiger partial charge >= 0.3 is 0 Å². The van der Waals surface area contributed by atoms with E-state index in [1.807, 2.05) is 48.5 Å². The Bertz CT molecular complexity index is 930. The number of ether oxygens (including phenoxy) is 2. The standard InChI is InChI=1S/C17H16N4O2S/c1-22-13-7-5-6-12(10-13)11-18-21-16(19-20-17(21)24)14-8-3-4-9-15(14)23-2/h3-11H,1-2H3,(H,20,24). The number of H-pyrrole nitrogens is 1. The van der Waals surface area contributed by atoms with Crippen LogP contribution in [0.15, 0.2) is 53.6 Å². The van der Waals surface area contributed by atoms with Gasteiger partial charge in [-0.25, -0.2) is 5.10 Å². The number of nitrogens with zero attached hydrogens (tertiary/aromatic N) is 3. The zero-order chi connectivity index (χ0) is 16.9. The maximum absolute atomic E-state index is 5.39. The third-order valence-corrected chi connectivity index (χ3v) is 3.68. The van der Waals surface area contributed by atoms with Crippen molar-refractivity contribution in [3.05, 3.63) is 58.9 Å². The van der Waals surface area contributed by atoms with Gasteiger partial charge in [-0.2, -0.15) is 14.9 Å². The maximum Gasteiger partial charge on any atom is 0.216 e. The van der Waals surface area contributed by atoms with Gasteiger partial charge in [0.15, 0.2) is 5.82 Å². The van der Waals surface area contributed by atoms with Gasteiger partial charge in [0.1, 0.15) is 11.5 Å². The number of methoxy groups -OCH3 is 2. The number of hydrogen-bond donors (Lipinski definition) is 1. The van der Waals surface area contributed by atoms with Crippen molar-refractivity contribution in [2.75, 3.05) is 14.2 Å². The Hall–Kier alpha value is -2.93. The van der Waals surface area contributed by atoms with E-state index < -0.39 is 0 Å². The monoisotopic (exact) mass is 340 g/mol. The number of rotatable bonds is 5. The van der Waals surface area contributed by atoms with Crippen molar-refractivity contribution in [2.45, 2.75) is 0 Å². The summed E-state index contributed by atoms with van der Waals surface area (Å²) in [5.74, 6) is 2.04. The van der Waals surface area contributed by atoms with E-state index in [4.69, 9.17) is 21.7 Å². The predicted octanol–water partition coefficient (Wildman–Crippen LogP) is 3.51. The van der Waals surface area contributed by atoms with Gasteiger partial charge in [-0.1, -0.05) is 24.3 Å². The van der Waals surface area contributed by atoms with Gasteiger partial charge in [-0.3, -0.25) is 0 Å². The number of nitrogens with one attached hydrogen (secondary N) is 1. The van der Waals surface area contributed by atoms with E-state index in [-0.39, 0.29) is 0 Å². The fourth-order valence-electron chi connectivity index (χ4n) is 2.25. The molecule has 24 heavy (non-hydrogen) atoms. The summed E-state index contributed by atoms with van der Waals surface area (Å²) in [4.78, 5) is 0. The summed E-state index contributed by atoms with van der Waals surface area (Å²) in [7, 11) is 3.24. The summed E-state index contributed by atoms with van der Waals surface area (Å²) in [6, 6.07) is 15.2. The maximum atomic E-state index is 5.39. The van der Waals surface area contributed by atoms with Crippen molar-refractivity contribution in [3.8, 4) is 22.9 Å². The van der Waals surface area contributed by atoms with Crippen LogP contribution >= 0.6 is 12.2 Å². The molecule has 0 radical (unpaired) electrons. The van der Waals surface area contributed by atoms with Gasteiger partial charge < -0.3 is 9.47 Å². The highest BCUT2D eigenvalue weighted by Gasteiger charge is 2.12. The Kier molecular flexibility index (Phi) is 4.72. The normalized spacial score (nSPS) is 10.9. The molecule has 1 aromatic heterocycles. The van der Waals surface area contributed by atoms with Crippen molar-refractivity contribution < 1.29 is 9.47 Å². The van der Waals surface area contributed by atoms with E-state index in [0.29, 0.717) is 16.3 Å². The van der Waals surface area contributed by atoms with E-state index in [1.165, 1.54) is 0 Å². The Labute approximate surface area is 144 Å². The fourth-order valence-corrected chi connectivity index (χ4v) is 2.43. The molecule has 0 aliphatic rings. The highest BCUT2D eigenvalue weighted by atomic mass is 32.1. The minimum absolute atomic E-state index is 0.398. The third-order valence-electron chi connectivity index (χ3n) is 3.41. The van der Waals surface area contributed by atoms with Crippen LogP contribution in [0, 0.1) is 4.77 Å². The first-order valence-electron chi connectivity index (χ1n) is 7.22. The van der Waals surface area contributed by atoms with Crippen molar-refractivity contribution in [3.63, 3.8) is 0 Å². The number of benzene rings is 2. The average Bonchev–Trinajstić information content (AvgIpc) is 3.00. The van der Waals surface area contributed by atoms with E-state index in [1.54, 1.807) is 25.1 Å². The molecule has 0 amide bonds. The summed E-state index contributed by atoms with van der Waals surface area (Å²) in [5, 5.41) is 11.5. The highest BCUT2D eigenvalue weighted by molar-refractivity contribution is 7.71. The zero-order valence-corrected chi connectivity index (χ0v) is 14.1. The third kappa shape index (κ3) is 3.21. The van der Waals surface area contributed by atoms with E-state index in [9.17, 15) is 0 Å². The molecule has 7 heteroatoms. The summed E-state index contributed by atoms with van der Waals surface area (Å²) >= 11 is 5.28. The molecule has 0 aliphatic heterocycles. The van der Waals surface area contributed by atoms with Gasteiger partial charge in [-0.15, -0.1) is 0 Å². The second-order valence-electron chi connectivity index (χ2n) is 4.89. The van der Waals surface area contributed by atoms with Gasteiger partial charge in [0.25, 0.3) is 0 Å². The Balaban J connectivity index is 2.02. The smallest absolute Gasteiger partial charge is 0.216 e. The second-order valence-corrected chi connectivity index (χ2v) is 5.27. The lowest BCUT2D eigenvalue weighted by atomic mass is 10.2. The molecule has 0 saturated heterocycles. The van der Waals surface area contributed by atoms with Crippen LogP contribution in [-0.2, 0) is 0 Å². The molecule has 1 N–H and O–H groups in total. The second kappa shape index (κ2) is 7.10. The molecule has 0 spiro atoms. The van der Waals surface area contributed by atoms with Crippen molar-refractivity contribution in [1.29, 1.82) is 0 Å². The van der Waals surface area contributed by atoms with Crippen LogP contribution in [0.25, 0.3) is 11.4 Å². The summed E-state index contributed by atoms with van der Waals surface area (Å²) in [6.45, 7) is 0. The molecule has 0 bridgehead atoms. The van der Waals surface area contributed by atoms with Crippen molar-refractivity contribution in [2.24, 2.45) is 5.10 Å². The number of hydrogen-bond acceptors (Lipinski definition) is 5. The largest absolute Gasteiger partial charge is 0.497 e. The van der Waals surface area contributed by atoms with Crippen LogP contribution in [0.5, 0.6) is 11.5 Å². The minimum Gasteiger partial charge on any atom is -0.497 e. The van der Waals surface area contributed by atoms with Crippen LogP contribution in [-0.4, -0.2) is 35.3 Å². The minimum atomic E-state index is 0.398. The van der Waals surface area contributed by atoms with E-state index >= 15 is 0 Å². The van der Waals surface area contributed by atoms with Crippen LogP contribution in [0.3, 0.4) is 0 Å². The van der Waals surface area contributed by atoms with Crippen LogP contribution in [0.1, 0.15) is 5.56 Å². The lowest BCUT2D eigenvalue weighted by molar-refractivity contribution is 0.414. The Morgan fingerprint density at radius 2 is 1.96 bits per heavy atom. The van der Waals surface area contributed by atoms with Gasteiger partial charge in [0.05, 0.1) is 26.0 Å². The van der Waals surface area contributed by atoms with E-state index in [0.717, 1.165) is 16.9 Å². The molecule has 0 fully saturated rings. The highest BCUT2D eigenvalue weighted by Crippen LogP contribution is 2.28. The van der Waals surface area contributed by atoms with Crippen molar-refractivity contribution in [1.82, 2.24) is 14.9 Å². The van der Waals surface area contributed by atoms with Crippen LogP contribution in [0.2, 0.25) is 0 Å². The van der Waals surface area contributed by atoms with Gasteiger partial charge in [-0.05, 0) is 42.0 Å². The Morgan fingerprint density at radius 3 is 2.75 bits per heavy atom. The van der Waals surface area contributed by atoms with E-state index in [2.05, 4.69) is 15.3 Å². The molecule has 2 aromatic carbocycles. The Morgan fingerprint density at radius 1 is 1.12 bits per heavy atom. The molecule has 0 atom stereocenters. The SMILES string of the molecule is COc1cccc(C=Nn2c(-c3ccccc3OC)n[nH]c2=S)c1. The lowest BCUT2D eigenvalue weighted by Crippen LogP contribution is -1.97. The topological polar surface area (TPSA) is 64.4 Å². The summed E-state index contributed by atoms with van der Waals surface area (Å²) in [5.41, 5.74) is 1.69. The van der Waals surface area contributed by atoms with Gasteiger partial charge in [0, 0.05) is 0 Å². The number of aromatic nitrogens is 3. The first-order chi connectivity index (χ1) is 11.7. The molecule has 0 saturated carbocycles. The average molecular weight is 340 g/mol. The molecule has 6 nitrogen and oxygen atoms in total. The van der Waals surface area contributed by atoms with Crippen LogP contribution in [0.4, 0.5) is 0 Å². The zero-order valence-electron chi connectivity index (χ0n) is 13.3. The van der Waals surface area contributed by atoms with Crippen molar-refractivity contribution >= 4 is 18.4 Å². The first-order valence-corrected chi connectivity index (χ1v) is 7.63. The summed E-state index contributed by atoms with van der Waals surface area (Å²) < 4.78 is 12.6. The molecule has 3 aromatic rings. The molecule has 1 heterocycles. The van der Waals surface area contributed by atoms with Gasteiger partial charge in [0.2, 0.25) is 4.77 Å². The number of para-hydroxylation sites is 1. The molecule has 0 unspecified atom stereocenters. The fraction of sp³-hybridized carbons (Fsp3) is 0.118. The molecule has 0 aliphatic carbocycles. The molecule has 3 rings (SSSR count). The predicted molar refractivity (Wildman–Crippen MR) is 95.4 cm³/mol. The quantitative estimate of drug-likeness (QED) is 0.570. The first kappa shape index (κ1) is 15.9. The lowest BCUT2D eigenvalue weighted by Gasteiger charge is -2.06. The molecular formula is C17H16N4O2S. The summed E-state index contributed by atoms with van der Waals surface area (Å²) in [6.07, 6.45) is 1.70. The molecule has 122 valence electrons.